The van der Waals surface area contributed by atoms with Crippen LogP contribution in [0.5, 0.6) is 0 Å². The van der Waals surface area contributed by atoms with Gasteiger partial charge in [-0.1, -0.05) is 94.2 Å². The van der Waals surface area contributed by atoms with Crippen LogP contribution >= 0.6 is 31.9 Å². The highest BCUT2D eigenvalue weighted by molar-refractivity contribution is 9.10. The number of hydrogen-bond donors (Lipinski definition) is 0. The Balaban J connectivity index is 1.32. The van der Waals surface area contributed by atoms with Crippen LogP contribution in [0.1, 0.15) is 77.9 Å². The van der Waals surface area contributed by atoms with E-state index in [0.29, 0.717) is 10.1 Å². The van der Waals surface area contributed by atoms with E-state index >= 15 is 0 Å². The molecule has 7 rings (SSSR count). The molecule has 244 valence electrons. The van der Waals surface area contributed by atoms with E-state index in [2.05, 4.69) is 48.0 Å². The number of rotatable bonds is 5. The van der Waals surface area contributed by atoms with Crippen molar-refractivity contribution in [3.05, 3.63) is 128 Å². The molecule has 0 saturated heterocycles. The van der Waals surface area contributed by atoms with Crippen molar-refractivity contribution >= 4 is 55.2 Å². The van der Waals surface area contributed by atoms with E-state index in [1.165, 1.54) is 11.1 Å². The van der Waals surface area contributed by atoms with E-state index in [0.717, 1.165) is 62.2 Å². The fourth-order valence-corrected chi connectivity index (χ4v) is 7.03. The van der Waals surface area contributed by atoms with Crippen molar-refractivity contribution in [2.24, 2.45) is 11.0 Å². The lowest BCUT2D eigenvalue weighted by atomic mass is 9.77. The van der Waals surface area contributed by atoms with Crippen LogP contribution in [0.3, 0.4) is 0 Å². The molecule has 0 unspecified atom stereocenters. The lowest BCUT2D eigenvalue weighted by Crippen LogP contribution is -2.32. The summed E-state index contributed by atoms with van der Waals surface area (Å²) in [6.07, 6.45) is -0.117. The summed E-state index contributed by atoms with van der Waals surface area (Å²) in [4.78, 5) is 18.9. The van der Waals surface area contributed by atoms with Gasteiger partial charge >= 0.3 is 6.18 Å². The van der Waals surface area contributed by atoms with Crippen LogP contribution in [0.15, 0.2) is 105 Å². The quantitative estimate of drug-likeness (QED) is 0.179. The summed E-state index contributed by atoms with van der Waals surface area (Å²) in [6, 6.07) is 24.9. The third-order valence-electron chi connectivity index (χ3n) is 8.94. The fraction of sp³-hybridized carbons (Fsp3) is 0.243. The first-order chi connectivity index (χ1) is 23.0. The first-order valence-corrected chi connectivity index (χ1v) is 17.3. The standard InChI is InChI=1S/C37H30Br2F3N5O/c1-21(2)23-8-10-24(11-9-23)30-19-32(37(40,41)42)46-33(43-30)20-31(44-46)36(48)47-35(25-12-16-28(39)17-13-25)29-5-3-4-26(34(29)45-47)18-22-6-14-27(38)15-7-22/h6-21,29,35H,3-5H2,1-2H3/b26-18+/t29-,35+/m0/s1. The largest absolute Gasteiger partial charge is 0.433 e. The molecule has 1 aliphatic heterocycles. The van der Waals surface area contributed by atoms with Crippen molar-refractivity contribution in [3.8, 4) is 11.3 Å². The minimum absolute atomic E-state index is 0.0728. The van der Waals surface area contributed by atoms with Crippen LogP contribution < -0.4 is 0 Å². The number of nitrogens with zero attached hydrogens (tertiary/aromatic N) is 5. The molecule has 0 N–H and O–H groups in total. The number of allylic oxidation sites excluding steroid dienone is 1. The molecule has 2 atom stereocenters. The second-order valence-electron chi connectivity index (χ2n) is 12.5. The van der Waals surface area contributed by atoms with Crippen LogP contribution in [0.2, 0.25) is 0 Å². The normalized spacial score (nSPS) is 18.9. The van der Waals surface area contributed by atoms with Gasteiger partial charge in [0.25, 0.3) is 5.91 Å². The smallest absolute Gasteiger partial charge is 0.265 e. The molecule has 0 radical (unpaired) electrons. The third kappa shape index (κ3) is 6.25. The van der Waals surface area contributed by atoms with Gasteiger partial charge in [-0.05, 0) is 83.9 Å². The van der Waals surface area contributed by atoms with Crippen LogP contribution in [0, 0.1) is 5.92 Å². The Kier molecular flexibility index (Phi) is 8.62. The number of alkyl halides is 3. The Hall–Kier alpha value is -4.09. The lowest BCUT2D eigenvalue weighted by molar-refractivity contribution is -0.142. The fourth-order valence-electron chi connectivity index (χ4n) is 6.51. The minimum Gasteiger partial charge on any atom is -0.265 e. The molecule has 2 aromatic heterocycles. The van der Waals surface area contributed by atoms with Crippen LogP contribution in [0.4, 0.5) is 13.2 Å². The molecule has 5 aromatic rings. The summed E-state index contributed by atoms with van der Waals surface area (Å²) >= 11 is 6.98. The van der Waals surface area contributed by atoms with E-state index in [9.17, 15) is 18.0 Å². The van der Waals surface area contributed by atoms with Gasteiger partial charge in [-0.2, -0.15) is 23.4 Å². The molecular formula is C37H30Br2F3N5O. The summed E-state index contributed by atoms with van der Waals surface area (Å²) in [5.74, 6) is -0.406. The molecule has 0 spiro atoms. The van der Waals surface area contributed by atoms with E-state index in [1.807, 2.05) is 74.5 Å². The molecule has 1 fully saturated rings. The number of carbonyl (C=O) groups is 1. The highest BCUT2D eigenvalue weighted by Crippen LogP contribution is 2.45. The molecule has 6 nitrogen and oxygen atoms in total. The number of halogens is 5. The second kappa shape index (κ2) is 12.7. The minimum atomic E-state index is -4.74. The highest BCUT2D eigenvalue weighted by atomic mass is 79.9. The average Bonchev–Trinajstić information content (AvgIpc) is 3.68. The Morgan fingerprint density at radius 3 is 2.25 bits per heavy atom. The van der Waals surface area contributed by atoms with Gasteiger partial charge in [0, 0.05) is 26.5 Å². The number of carbonyl (C=O) groups excluding carboxylic acids is 1. The van der Waals surface area contributed by atoms with Crippen molar-refractivity contribution in [1.82, 2.24) is 19.6 Å². The number of benzene rings is 3. The van der Waals surface area contributed by atoms with Crippen LogP contribution in [0.25, 0.3) is 23.0 Å². The van der Waals surface area contributed by atoms with Crippen molar-refractivity contribution in [2.45, 2.75) is 51.2 Å². The average molecular weight is 777 g/mol. The predicted octanol–water partition coefficient (Wildman–Crippen LogP) is 10.5. The Labute approximate surface area is 292 Å². The Morgan fingerprint density at radius 1 is 0.938 bits per heavy atom. The maximum absolute atomic E-state index is 14.4. The monoisotopic (exact) mass is 775 g/mol. The summed E-state index contributed by atoms with van der Waals surface area (Å²) < 4.78 is 45.9. The number of fused-ring (bicyclic) bond motifs is 2. The van der Waals surface area contributed by atoms with Crippen molar-refractivity contribution in [3.63, 3.8) is 0 Å². The molecule has 1 amide bonds. The molecule has 48 heavy (non-hydrogen) atoms. The number of hydrogen-bond acceptors (Lipinski definition) is 4. The zero-order valence-electron chi connectivity index (χ0n) is 26.0. The van der Waals surface area contributed by atoms with Gasteiger partial charge in [0.1, 0.15) is 0 Å². The predicted molar refractivity (Wildman–Crippen MR) is 187 cm³/mol. The van der Waals surface area contributed by atoms with Crippen molar-refractivity contribution < 1.29 is 18.0 Å². The molecule has 3 aromatic carbocycles. The van der Waals surface area contributed by atoms with Crippen LogP contribution in [-0.4, -0.2) is 31.2 Å². The van der Waals surface area contributed by atoms with Gasteiger partial charge in [-0.15, -0.1) is 0 Å². The third-order valence-corrected chi connectivity index (χ3v) is 10.00. The van der Waals surface area contributed by atoms with Gasteiger partial charge in [-0.3, -0.25) is 4.79 Å². The summed E-state index contributed by atoms with van der Waals surface area (Å²) in [5.41, 5.74) is 4.25. The van der Waals surface area contributed by atoms with Gasteiger partial charge in [0.15, 0.2) is 17.0 Å². The number of aromatic nitrogens is 3. The maximum Gasteiger partial charge on any atom is 0.433 e. The zero-order chi connectivity index (χ0) is 33.7. The summed E-state index contributed by atoms with van der Waals surface area (Å²) in [7, 11) is 0. The number of amides is 1. The van der Waals surface area contributed by atoms with E-state index in [1.54, 1.807) is 12.1 Å². The molecule has 0 bridgehead atoms. The first kappa shape index (κ1) is 32.5. The van der Waals surface area contributed by atoms with Crippen molar-refractivity contribution in [2.75, 3.05) is 0 Å². The van der Waals surface area contributed by atoms with E-state index < -0.39 is 23.8 Å². The van der Waals surface area contributed by atoms with Gasteiger partial charge in [-0.25, -0.2) is 14.5 Å². The van der Waals surface area contributed by atoms with Crippen molar-refractivity contribution in [1.29, 1.82) is 0 Å². The zero-order valence-corrected chi connectivity index (χ0v) is 29.2. The molecule has 1 aliphatic carbocycles. The van der Waals surface area contributed by atoms with Crippen LogP contribution in [-0.2, 0) is 6.18 Å². The highest BCUT2D eigenvalue weighted by Gasteiger charge is 2.45. The molecule has 11 heteroatoms. The summed E-state index contributed by atoms with van der Waals surface area (Å²) in [5, 5.41) is 10.5. The summed E-state index contributed by atoms with van der Waals surface area (Å²) in [6.45, 7) is 4.10. The Morgan fingerprint density at radius 2 is 1.60 bits per heavy atom. The SMILES string of the molecule is CC(C)c1ccc(-c2cc(C(F)(F)F)n3nc(C(=O)N4N=C5/C(=C/c6ccc(Br)cc6)CCC[C@@H]5[C@H]4c4ccc(Br)cc4)cc3n2)cc1. The second-order valence-corrected chi connectivity index (χ2v) is 14.3. The van der Waals surface area contributed by atoms with E-state index in [4.69, 9.17) is 5.10 Å². The topological polar surface area (TPSA) is 62.9 Å². The lowest BCUT2D eigenvalue weighted by Gasteiger charge is -2.29. The molecule has 3 heterocycles. The van der Waals surface area contributed by atoms with E-state index in [-0.39, 0.29) is 28.9 Å². The maximum atomic E-state index is 14.4. The van der Waals surface area contributed by atoms with Gasteiger partial charge in [0.2, 0.25) is 0 Å². The molecule has 1 saturated carbocycles. The first-order valence-electron chi connectivity index (χ1n) is 15.7. The number of hydrazone groups is 1. The Bertz CT molecular complexity index is 2070. The van der Waals surface area contributed by atoms with Gasteiger partial charge < -0.3 is 0 Å². The molecular weight excluding hydrogens is 747 g/mol. The van der Waals surface area contributed by atoms with Gasteiger partial charge in [0.05, 0.1) is 17.4 Å². The molecule has 2 aliphatic rings.